The minimum Gasteiger partial charge on any atom is -0.327 e. The standard InChI is InChI=1S/C11H13FN2OS/c1-8(14)6-16(15)7-10-2-9(5-13)3-11(12)4-10/h2-4,8H,6-7,14H2,1H3. The van der Waals surface area contributed by atoms with Crippen LogP contribution in [0.15, 0.2) is 18.2 Å². The zero-order chi connectivity index (χ0) is 12.1. The smallest absolute Gasteiger partial charge is 0.124 e. The van der Waals surface area contributed by atoms with Gasteiger partial charge in [-0.1, -0.05) is 0 Å². The van der Waals surface area contributed by atoms with E-state index in [1.165, 1.54) is 6.07 Å². The number of hydrogen-bond donors (Lipinski definition) is 1. The van der Waals surface area contributed by atoms with Crippen LogP contribution in [0, 0.1) is 17.1 Å². The lowest BCUT2D eigenvalue weighted by Crippen LogP contribution is -2.23. The highest BCUT2D eigenvalue weighted by molar-refractivity contribution is 7.84. The van der Waals surface area contributed by atoms with E-state index in [1.54, 1.807) is 13.0 Å². The Morgan fingerprint density at radius 2 is 2.25 bits per heavy atom. The van der Waals surface area contributed by atoms with Crippen molar-refractivity contribution in [1.29, 1.82) is 5.26 Å². The lowest BCUT2D eigenvalue weighted by atomic mass is 10.1. The molecular formula is C11H13FN2OS. The minimum atomic E-state index is -1.12. The summed E-state index contributed by atoms with van der Waals surface area (Å²) in [5.41, 5.74) is 6.32. The molecule has 0 aromatic heterocycles. The molecule has 0 spiro atoms. The van der Waals surface area contributed by atoms with Crippen molar-refractivity contribution < 1.29 is 8.60 Å². The Morgan fingerprint density at radius 3 is 2.81 bits per heavy atom. The highest BCUT2D eigenvalue weighted by Crippen LogP contribution is 2.11. The molecule has 2 atom stereocenters. The summed E-state index contributed by atoms with van der Waals surface area (Å²) in [6, 6.07) is 5.70. The largest absolute Gasteiger partial charge is 0.327 e. The van der Waals surface area contributed by atoms with Gasteiger partial charge in [0.25, 0.3) is 0 Å². The maximum absolute atomic E-state index is 13.1. The Balaban J connectivity index is 2.78. The molecule has 5 heteroatoms. The number of nitriles is 1. The monoisotopic (exact) mass is 240 g/mol. The van der Waals surface area contributed by atoms with Crippen molar-refractivity contribution in [2.24, 2.45) is 5.73 Å². The van der Waals surface area contributed by atoms with Crippen LogP contribution in [0.1, 0.15) is 18.1 Å². The van der Waals surface area contributed by atoms with Crippen LogP contribution < -0.4 is 5.73 Å². The van der Waals surface area contributed by atoms with Gasteiger partial charge in [-0.2, -0.15) is 5.26 Å². The van der Waals surface area contributed by atoms with Gasteiger partial charge in [-0.15, -0.1) is 0 Å². The molecular weight excluding hydrogens is 227 g/mol. The molecule has 16 heavy (non-hydrogen) atoms. The van der Waals surface area contributed by atoms with Crippen LogP contribution in [-0.2, 0) is 16.6 Å². The first kappa shape index (κ1) is 12.8. The fourth-order valence-electron chi connectivity index (χ4n) is 1.34. The van der Waals surface area contributed by atoms with E-state index in [4.69, 9.17) is 11.0 Å². The first-order valence-corrected chi connectivity index (χ1v) is 6.30. The van der Waals surface area contributed by atoms with E-state index >= 15 is 0 Å². The third-order valence-corrected chi connectivity index (χ3v) is 3.42. The molecule has 0 aliphatic rings. The summed E-state index contributed by atoms with van der Waals surface area (Å²) in [7, 11) is -1.12. The van der Waals surface area contributed by atoms with E-state index in [1.807, 2.05) is 6.07 Å². The van der Waals surface area contributed by atoms with Crippen LogP contribution in [0.5, 0.6) is 0 Å². The maximum atomic E-state index is 13.1. The summed E-state index contributed by atoms with van der Waals surface area (Å²) in [6.45, 7) is 1.77. The second kappa shape index (κ2) is 5.73. The van der Waals surface area contributed by atoms with Crippen LogP contribution in [0.3, 0.4) is 0 Å². The third-order valence-electron chi connectivity index (χ3n) is 1.86. The second-order valence-corrected chi connectivity index (χ2v) is 5.19. The molecule has 0 heterocycles. The Labute approximate surface area is 96.5 Å². The zero-order valence-corrected chi connectivity index (χ0v) is 9.76. The predicted molar refractivity (Wildman–Crippen MR) is 61.5 cm³/mol. The van der Waals surface area contributed by atoms with Gasteiger partial charge >= 0.3 is 0 Å². The highest BCUT2D eigenvalue weighted by Gasteiger charge is 2.07. The predicted octanol–water partition coefficient (Wildman–Crippen LogP) is 1.29. The molecule has 2 unspecified atom stereocenters. The van der Waals surface area contributed by atoms with E-state index in [-0.39, 0.29) is 17.4 Å². The van der Waals surface area contributed by atoms with Crippen LogP contribution in [0.2, 0.25) is 0 Å². The van der Waals surface area contributed by atoms with Crippen molar-refractivity contribution in [3.63, 3.8) is 0 Å². The maximum Gasteiger partial charge on any atom is 0.124 e. The van der Waals surface area contributed by atoms with Gasteiger partial charge in [-0.25, -0.2) is 4.39 Å². The zero-order valence-electron chi connectivity index (χ0n) is 8.94. The second-order valence-electron chi connectivity index (χ2n) is 3.69. The van der Waals surface area contributed by atoms with Crippen LogP contribution in [-0.4, -0.2) is 16.0 Å². The quantitative estimate of drug-likeness (QED) is 0.862. The van der Waals surface area contributed by atoms with Gasteiger partial charge < -0.3 is 5.73 Å². The fourth-order valence-corrected chi connectivity index (χ4v) is 2.58. The summed E-state index contributed by atoms with van der Waals surface area (Å²) in [4.78, 5) is 0. The molecule has 0 radical (unpaired) electrons. The number of hydrogen-bond acceptors (Lipinski definition) is 3. The van der Waals surface area contributed by atoms with Crippen molar-refractivity contribution in [1.82, 2.24) is 0 Å². The van der Waals surface area contributed by atoms with Crippen molar-refractivity contribution in [3.8, 4) is 6.07 Å². The van der Waals surface area contributed by atoms with Crippen LogP contribution >= 0.6 is 0 Å². The SMILES string of the molecule is CC(N)CS(=O)Cc1cc(F)cc(C#N)c1. The first-order chi connectivity index (χ1) is 7.51. The van der Waals surface area contributed by atoms with E-state index in [0.29, 0.717) is 11.3 Å². The normalized spacial score (nSPS) is 14.1. The first-order valence-electron chi connectivity index (χ1n) is 4.81. The molecule has 0 saturated carbocycles. The average Bonchev–Trinajstić information content (AvgIpc) is 2.14. The van der Waals surface area contributed by atoms with Gasteiger partial charge in [0.05, 0.1) is 11.6 Å². The Kier molecular flexibility index (Phi) is 4.59. The fraction of sp³-hybridized carbons (Fsp3) is 0.364. The summed E-state index contributed by atoms with van der Waals surface area (Å²) in [6.07, 6.45) is 0. The van der Waals surface area contributed by atoms with Gasteiger partial charge in [0.15, 0.2) is 0 Å². The molecule has 0 amide bonds. The molecule has 0 aliphatic carbocycles. The van der Waals surface area contributed by atoms with E-state index in [0.717, 1.165) is 6.07 Å². The summed E-state index contributed by atoms with van der Waals surface area (Å²) in [5.74, 6) is 0.124. The molecule has 0 fully saturated rings. The van der Waals surface area contributed by atoms with Gasteiger partial charge in [0.2, 0.25) is 0 Å². The molecule has 2 N–H and O–H groups in total. The molecule has 86 valence electrons. The lowest BCUT2D eigenvalue weighted by Gasteiger charge is -2.05. The van der Waals surface area contributed by atoms with Gasteiger partial charge in [-0.3, -0.25) is 4.21 Å². The molecule has 1 rings (SSSR count). The Bertz CT molecular complexity index is 440. The number of nitrogens with zero attached hydrogens (tertiary/aromatic N) is 1. The number of nitrogens with two attached hydrogens (primary N) is 1. The molecule has 1 aromatic carbocycles. The Morgan fingerprint density at radius 1 is 1.56 bits per heavy atom. The van der Waals surface area contributed by atoms with E-state index in [2.05, 4.69) is 0 Å². The molecule has 0 aliphatic heterocycles. The van der Waals surface area contributed by atoms with Crippen LogP contribution in [0.25, 0.3) is 0 Å². The molecule has 3 nitrogen and oxygen atoms in total. The van der Waals surface area contributed by atoms with Gasteiger partial charge in [-0.05, 0) is 30.7 Å². The highest BCUT2D eigenvalue weighted by atomic mass is 32.2. The van der Waals surface area contributed by atoms with Gasteiger partial charge in [0, 0.05) is 28.3 Å². The lowest BCUT2D eigenvalue weighted by molar-refractivity contribution is 0.625. The third kappa shape index (κ3) is 4.09. The van der Waals surface area contributed by atoms with Crippen LogP contribution in [0.4, 0.5) is 4.39 Å². The number of benzene rings is 1. The summed E-state index contributed by atoms with van der Waals surface area (Å²) < 4.78 is 24.6. The molecule has 1 aromatic rings. The van der Waals surface area contributed by atoms with Gasteiger partial charge in [0.1, 0.15) is 5.82 Å². The van der Waals surface area contributed by atoms with Crippen molar-refractivity contribution >= 4 is 10.8 Å². The number of halogens is 1. The summed E-state index contributed by atoms with van der Waals surface area (Å²) >= 11 is 0. The topological polar surface area (TPSA) is 66.9 Å². The van der Waals surface area contributed by atoms with Crippen molar-refractivity contribution in [3.05, 3.63) is 35.1 Å². The van der Waals surface area contributed by atoms with E-state index in [9.17, 15) is 8.60 Å². The molecule has 0 bridgehead atoms. The van der Waals surface area contributed by atoms with Crippen molar-refractivity contribution in [2.75, 3.05) is 5.75 Å². The average molecular weight is 240 g/mol. The summed E-state index contributed by atoms with van der Waals surface area (Å²) in [5, 5.41) is 8.65. The van der Waals surface area contributed by atoms with E-state index < -0.39 is 16.6 Å². The molecule has 0 saturated heterocycles. The minimum absolute atomic E-state index is 0.148. The Hall–Kier alpha value is -1.25. The van der Waals surface area contributed by atoms with Crippen molar-refractivity contribution in [2.45, 2.75) is 18.7 Å². The number of rotatable bonds is 4.